The van der Waals surface area contributed by atoms with E-state index in [1.54, 1.807) is 19.0 Å². The molecule has 2 N–H and O–H groups in total. The van der Waals surface area contributed by atoms with Crippen LogP contribution in [0.3, 0.4) is 0 Å². The van der Waals surface area contributed by atoms with Gasteiger partial charge in [-0.3, -0.25) is 0 Å². The second-order valence-corrected chi connectivity index (χ2v) is 3.92. The lowest BCUT2D eigenvalue weighted by Gasteiger charge is -2.18. The Bertz CT molecular complexity index is 359. The molecule has 0 radical (unpaired) electrons. The molecule has 1 aromatic rings. The molecule has 1 heterocycles. The van der Waals surface area contributed by atoms with Gasteiger partial charge in [0.2, 0.25) is 0 Å². The third kappa shape index (κ3) is 2.99. The molecule has 1 aromatic heterocycles. The Morgan fingerprint density at radius 3 is 2.56 bits per heavy atom. The van der Waals surface area contributed by atoms with Gasteiger partial charge in [-0.2, -0.15) is 0 Å². The minimum absolute atomic E-state index is 0.0507. The molecule has 1 rings (SSSR count). The summed E-state index contributed by atoms with van der Waals surface area (Å²) in [6.07, 6.45) is -1.36. The minimum Gasteiger partial charge on any atom is -0.362 e. The fourth-order valence-corrected chi connectivity index (χ4v) is 1.47. The van der Waals surface area contributed by atoms with Crippen molar-refractivity contribution in [3.63, 3.8) is 0 Å². The van der Waals surface area contributed by atoms with Crippen molar-refractivity contribution in [2.75, 3.05) is 19.0 Å². The van der Waals surface area contributed by atoms with Crippen molar-refractivity contribution in [3.05, 3.63) is 17.0 Å². The number of nitrogens with zero attached hydrogens (tertiary/aromatic N) is 3. The molecule has 1 unspecified atom stereocenters. The average molecular weight is 251 g/mol. The van der Waals surface area contributed by atoms with E-state index in [4.69, 9.17) is 17.3 Å². The van der Waals surface area contributed by atoms with Gasteiger partial charge in [0.1, 0.15) is 17.3 Å². The van der Waals surface area contributed by atoms with E-state index >= 15 is 0 Å². The highest BCUT2D eigenvalue weighted by molar-refractivity contribution is 6.30. The Morgan fingerprint density at radius 2 is 2.06 bits per heavy atom. The summed E-state index contributed by atoms with van der Waals surface area (Å²) < 4.78 is 24.7. The molecule has 7 heteroatoms. The molecule has 0 aliphatic carbocycles. The number of rotatable bonds is 4. The van der Waals surface area contributed by atoms with Gasteiger partial charge in [-0.05, 0) is 6.42 Å². The van der Waals surface area contributed by atoms with Crippen molar-refractivity contribution in [1.29, 1.82) is 0 Å². The average Bonchev–Trinajstić information content (AvgIpc) is 2.20. The lowest BCUT2D eigenvalue weighted by atomic mass is 10.1. The molecule has 0 aromatic carbocycles. The molecule has 1 atom stereocenters. The molecule has 0 spiro atoms. The topological polar surface area (TPSA) is 55.0 Å². The van der Waals surface area contributed by atoms with Gasteiger partial charge >= 0.3 is 0 Å². The van der Waals surface area contributed by atoms with Gasteiger partial charge in [-0.1, -0.05) is 11.6 Å². The summed E-state index contributed by atoms with van der Waals surface area (Å²) in [6.45, 7) is 0. The molecule has 0 saturated carbocycles. The van der Waals surface area contributed by atoms with Gasteiger partial charge in [0.05, 0.1) is 6.04 Å². The van der Waals surface area contributed by atoms with Crippen LogP contribution in [0, 0.1) is 0 Å². The number of anilines is 1. The van der Waals surface area contributed by atoms with Crippen molar-refractivity contribution in [2.24, 2.45) is 5.73 Å². The highest BCUT2D eigenvalue weighted by atomic mass is 35.5. The first-order chi connectivity index (χ1) is 7.43. The third-order valence-corrected chi connectivity index (χ3v) is 2.38. The van der Waals surface area contributed by atoms with Crippen LogP contribution < -0.4 is 10.6 Å². The van der Waals surface area contributed by atoms with E-state index < -0.39 is 12.5 Å². The number of aromatic nitrogens is 2. The quantitative estimate of drug-likeness (QED) is 0.820. The zero-order valence-corrected chi connectivity index (χ0v) is 9.75. The Kier molecular flexibility index (Phi) is 4.37. The van der Waals surface area contributed by atoms with E-state index in [-0.39, 0.29) is 11.6 Å². The normalized spacial score (nSPS) is 12.9. The van der Waals surface area contributed by atoms with Crippen molar-refractivity contribution < 1.29 is 8.78 Å². The molecule has 0 aliphatic heterocycles. The van der Waals surface area contributed by atoms with Crippen molar-refractivity contribution >= 4 is 17.4 Å². The molecule has 0 fully saturated rings. The third-order valence-electron chi connectivity index (χ3n) is 2.06. The first-order valence-corrected chi connectivity index (χ1v) is 5.01. The first-order valence-electron chi connectivity index (χ1n) is 4.64. The van der Waals surface area contributed by atoms with Crippen LogP contribution in [0.2, 0.25) is 5.15 Å². The molecular formula is C9H13ClF2N4. The van der Waals surface area contributed by atoms with Gasteiger partial charge in [-0.15, -0.1) is 0 Å². The molecule has 0 bridgehead atoms. The van der Waals surface area contributed by atoms with Gasteiger partial charge in [-0.25, -0.2) is 18.7 Å². The van der Waals surface area contributed by atoms with E-state index in [2.05, 4.69) is 9.97 Å². The van der Waals surface area contributed by atoms with E-state index in [1.807, 2.05) is 0 Å². The van der Waals surface area contributed by atoms with E-state index in [0.717, 1.165) is 0 Å². The number of halogens is 3. The smallest absolute Gasteiger partial charge is 0.253 e. The first kappa shape index (κ1) is 13.1. The molecule has 90 valence electrons. The van der Waals surface area contributed by atoms with Gasteiger partial charge in [0.15, 0.2) is 0 Å². The van der Waals surface area contributed by atoms with Crippen LogP contribution in [0.5, 0.6) is 0 Å². The van der Waals surface area contributed by atoms with Gasteiger partial charge in [0.25, 0.3) is 6.43 Å². The van der Waals surface area contributed by atoms with Gasteiger partial charge in [0, 0.05) is 19.7 Å². The fraction of sp³-hybridized carbons (Fsp3) is 0.556. The number of hydrogen-bond donors (Lipinski definition) is 1. The van der Waals surface area contributed by atoms with Crippen LogP contribution >= 0.6 is 11.6 Å². The van der Waals surface area contributed by atoms with Crippen LogP contribution in [0.15, 0.2) is 6.33 Å². The number of nitrogens with two attached hydrogens (primary N) is 1. The molecule has 0 amide bonds. The molecular weight excluding hydrogens is 238 g/mol. The van der Waals surface area contributed by atoms with Crippen LogP contribution in [0.25, 0.3) is 0 Å². The number of hydrogen-bond acceptors (Lipinski definition) is 4. The van der Waals surface area contributed by atoms with Crippen LogP contribution in [-0.2, 0) is 6.42 Å². The highest BCUT2D eigenvalue weighted by Crippen LogP contribution is 2.23. The maximum absolute atomic E-state index is 12.4. The standard InChI is InChI=1S/C9H13ClF2N4/c1-16(2)9-5(3-6(13)8(11)12)7(10)14-4-15-9/h4,6,8H,3,13H2,1-2H3. The monoisotopic (exact) mass is 250 g/mol. The lowest BCUT2D eigenvalue weighted by molar-refractivity contribution is 0.116. The van der Waals surface area contributed by atoms with Crippen LogP contribution in [-0.4, -0.2) is 36.5 Å². The second-order valence-electron chi connectivity index (χ2n) is 3.56. The molecule has 0 aliphatic rings. The summed E-state index contributed by atoms with van der Waals surface area (Å²) in [5.74, 6) is 0.510. The predicted molar refractivity (Wildman–Crippen MR) is 59.1 cm³/mol. The van der Waals surface area contributed by atoms with E-state index in [1.165, 1.54) is 6.33 Å². The summed E-state index contributed by atoms with van der Waals surface area (Å²) in [5.41, 5.74) is 5.75. The fourth-order valence-electron chi connectivity index (χ4n) is 1.27. The van der Waals surface area contributed by atoms with E-state index in [0.29, 0.717) is 11.4 Å². The summed E-state index contributed by atoms with van der Waals surface area (Å²) in [4.78, 5) is 9.42. The minimum atomic E-state index is -2.59. The maximum Gasteiger partial charge on any atom is 0.253 e. The van der Waals surface area contributed by atoms with Crippen molar-refractivity contribution in [1.82, 2.24) is 9.97 Å². The van der Waals surface area contributed by atoms with Crippen LogP contribution in [0.4, 0.5) is 14.6 Å². The zero-order chi connectivity index (χ0) is 12.3. The van der Waals surface area contributed by atoms with E-state index in [9.17, 15) is 8.78 Å². The number of alkyl halides is 2. The summed E-state index contributed by atoms with van der Waals surface area (Å²) in [5, 5.41) is 0.162. The second kappa shape index (κ2) is 5.36. The molecule has 0 saturated heterocycles. The largest absolute Gasteiger partial charge is 0.362 e. The highest BCUT2D eigenvalue weighted by Gasteiger charge is 2.21. The SMILES string of the molecule is CN(C)c1ncnc(Cl)c1CC(N)C(F)F. The summed E-state index contributed by atoms with van der Waals surface area (Å²) >= 11 is 5.84. The zero-order valence-electron chi connectivity index (χ0n) is 8.99. The Labute approximate surface area is 97.4 Å². The summed E-state index contributed by atoms with van der Waals surface area (Å²) in [6, 6.07) is -1.26. The Balaban J connectivity index is 3.01. The van der Waals surface area contributed by atoms with Crippen molar-refractivity contribution in [3.8, 4) is 0 Å². The Morgan fingerprint density at radius 1 is 1.44 bits per heavy atom. The van der Waals surface area contributed by atoms with Gasteiger partial charge < -0.3 is 10.6 Å². The van der Waals surface area contributed by atoms with Crippen LogP contribution in [0.1, 0.15) is 5.56 Å². The maximum atomic E-state index is 12.4. The molecule has 16 heavy (non-hydrogen) atoms. The predicted octanol–water partition coefficient (Wildman–Crippen LogP) is 1.33. The lowest BCUT2D eigenvalue weighted by Crippen LogP contribution is -2.32. The van der Waals surface area contributed by atoms with Crippen molar-refractivity contribution in [2.45, 2.75) is 18.9 Å². The Hall–Kier alpha value is -1.01. The molecule has 4 nitrogen and oxygen atoms in total. The summed E-state index contributed by atoms with van der Waals surface area (Å²) in [7, 11) is 3.49.